The number of aromatic nitrogens is 1. The summed E-state index contributed by atoms with van der Waals surface area (Å²) >= 11 is 3.07. The second-order valence-electron chi connectivity index (χ2n) is 5.39. The van der Waals surface area contributed by atoms with Gasteiger partial charge in [0.15, 0.2) is 0 Å². The van der Waals surface area contributed by atoms with Crippen LogP contribution in [0.25, 0.3) is 11.6 Å². The van der Waals surface area contributed by atoms with Crippen molar-refractivity contribution in [2.45, 2.75) is 26.2 Å². The molecule has 0 aliphatic carbocycles. The Balaban J connectivity index is 2.42. The first-order valence-electron chi connectivity index (χ1n) is 6.20. The molecule has 5 heteroatoms. The summed E-state index contributed by atoms with van der Waals surface area (Å²) in [5.41, 5.74) is 2.45. The van der Waals surface area contributed by atoms with Crippen LogP contribution in [-0.2, 0) is 14.9 Å². The first-order chi connectivity index (χ1) is 9.41. The molecule has 3 nitrogen and oxygen atoms in total. The van der Waals surface area contributed by atoms with Gasteiger partial charge in [0.1, 0.15) is 5.01 Å². The monoisotopic (exact) mass is 307 g/mol. The Labute approximate surface area is 126 Å². The summed E-state index contributed by atoms with van der Waals surface area (Å²) in [7, 11) is 1.39. The molecular weight excluding hydrogens is 290 g/mol. The molecule has 0 aliphatic rings. The van der Waals surface area contributed by atoms with E-state index in [0.717, 1.165) is 11.3 Å². The van der Waals surface area contributed by atoms with Crippen molar-refractivity contribution in [3.8, 4) is 0 Å². The molecular formula is C15H17NO2S2. The smallest absolute Gasteiger partial charge is 0.340 e. The highest BCUT2D eigenvalue weighted by atomic mass is 32.1. The van der Waals surface area contributed by atoms with Crippen LogP contribution >= 0.6 is 22.7 Å². The van der Waals surface area contributed by atoms with Gasteiger partial charge < -0.3 is 4.74 Å². The molecule has 0 N–H and O–H groups in total. The maximum absolute atomic E-state index is 12.0. The molecule has 0 fully saturated rings. The summed E-state index contributed by atoms with van der Waals surface area (Å²) in [6, 6.07) is 1.96. The number of hydrogen-bond donors (Lipinski definition) is 0. The maximum atomic E-state index is 12.0. The average molecular weight is 307 g/mol. The molecule has 0 radical (unpaired) electrons. The summed E-state index contributed by atoms with van der Waals surface area (Å²) in [4.78, 5) is 16.6. The van der Waals surface area contributed by atoms with Crippen molar-refractivity contribution >= 4 is 40.3 Å². The van der Waals surface area contributed by atoms with Crippen LogP contribution in [0.5, 0.6) is 0 Å². The molecule has 0 unspecified atom stereocenters. The molecule has 0 aromatic carbocycles. The van der Waals surface area contributed by atoms with E-state index in [0.29, 0.717) is 10.6 Å². The molecule has 106 valence electrons. The van der Waals surface area contributed by atoms with Crippen molar-refractivity contribution in [3.63, 3.8) is 0 Å². The Bertz CT molecular complexity index is 619. The van der Waals surface area contributed by atoms with Crippen LogP contribution in [-0.4, -0.2) is 18.1 Å². The third-order valence-corrected chi connectivity index (χ3v) is 4.34. The van der Waals surface area contributed by atoms with Gasteiger partial charge in [0.05, 0.1) is 18.4 Å². The van der Waals surface area contributed by atoms with Crippen LogP contribution in [0, 0.1) is 0 Å². The van der Waals surface area contributed by atoms with E-state index in [1.54, 1.807) is 11.3 Å². The highest BCUT2D eigenvalue weighted by molar-refractivity contribution is 7.11. The van der Waals surface area contributed by atoms with E-state index in [9.17, 15) is 4.79 Å². The van der Waals surface area contributed by atoms with Crippen molar-refractivity contribution in [1.29, 1.82) is 0 Å². The zero-order valence-electron chi connectivity index (χ0n) is 12.0. The van der Waals surface area contributed by atoms with E-state index in [4.69, 9.17) is 4.74 Å². The molecule has 2 heterocycles. The first-order valence-corrected chi connectivity index (χ1v) is 8.02. The van der Waals surface area contributed by atoms with Gasteiger partial charge >= 0.3 is 5.97 Å². The highest BCUT2D eigenvalue weighted by Gasteiger charge is 2.21. The minimum absolute atomic E-state index is 0.0294. The molecule has 20 heavy (non-hydrogen) atoms. The number of thiazole rings is 1. The molecule has 2 aromatic heterocycles. The van der Waals surface area contributed by atoms with E-state index in [2.05, 4.69) is 25.8 Å². The summed E-state index contributed by atoms with van der Waals surface area (Å²) in [5.74, 6) is -0.356. The third-order valence-electron chi connectivity index (χ3n) is 2.76. The number of esters is 1. The summed E-state index contributed by atoms with van der Waals surface area (Å²) in [5, 5.41) is 6.66. The highest BCUT2D eigenvalue weighted by Crippen LogP contribution is 2.29. The van der Waals surface area contributed by atoms with Gasteiger partial charge in [0.25, 0.3) is 0 Å². The fraction of sp³-hybridized carbons (Fsp3) is 0.333. The molecule has 0 spiro atoms. The lowest BCUT2D eigenvalue weighted by atomic mass is 9.93. The average Bonchev–Trinajstić information content (AvgIpc) is 3.05. The van der Waals surface area contributed by atoms with Gasteiger partial charge in [-0.2, -0.15) is 11.3 Å². The molecule has 0 aliphatic heterocycles. The summed E-state index contributed by atoms with van der Waals surface area (Å²) in [6.07, 6.45) is 1.83. The van der Waals surface area contributed by atoms with Crippen molar-refractivity contribution in [3.05, 3.63) is 38.5 Å². The molecule has 0 atom stereocenters. The topological polar surface area (TPSA) is 39.2 Å². The number of rotatable bonds is 3. The van der Waals surface area contributed by atoms with Gasteiger partial charge in [-0.1, -0.05) is 20.8 Å². The Morgan fingerprint density at radius 3 is 2.60 bits per heavy atom. The number of thiophene rings is 1. The van der Waals surface area contributed by atoms with E-state index in [1.807, 2.05) is 28.3 Å². The number of nitrogens with zero attached hydrogens (tertiary/aromatic N) is 1. The van der Waals surface area contributed by atoms with E-state index >= 15 is 0 Å². The van der Waals surface area contributed by atoms with E-state index < -0.39 is 0 Å². The maximum Gasteiger partial charge on any atom is 0.340 e. The van der Waals surface area contributed by atoms with Gasteiger partial charge in [-0.05, 0) is 28.5 Å². The Kier molecular flexibility index (Phi) is 4.40. The molecule has 0 bridgehead atoms. The second-order valence-corrected chi connectivity index (χ2v) is 7.03. The normalized spacial score (nSPS) is 12.5. The molecule has 0 saturated heterocycles. The quantitative estimate of drug-likeness (QED) is 0.629. The standard InChI is InChI=1S/C15H17NO2S2/c1-15(2,3)12-9-20-13(16-12)11(14(17)18-4)7-10-5-6-19-8-10/h5-9H,1-4H3. The molecule has 0 amide bonds. The number of carbonyl (C=O) groups is 1. The minimum Gasteiger partial charge on any atom is -0.465 e. The Morgan fingerprint density at radius 1 is 1.35 bits per heavy atom. The minimum atomic E-state index is -0.356. The van der Waals surface area contributed by atoms with Crippen LogP contribution in [0.1, 0.15) is 37.0 Å². The number of methoxy groups -OCH3 is 1. The molecule has 2 rings (SSSR count). The Hall–Kier alpha value is -1.46. The van der Waals surface area contributed by atoms with Crippen molar-refractivity contribution in [1.82, 2.24) is 4.98 Å². The lowest BCUT2D eigenvalue weighted by Crippen LogP contribution is -2.12. The largest absolute Gasteiger partial charge is 0.465 e. The molecule has 0 saturated carbocycles. The second kappa shape index (κ2) is 5.89. The van der Waals surface area contributed by atoms with Crippen LogP contribution in [0.2, 0.25) is 0 Å². The SMILES string of the molecule is COC(=O)C(=Cc1ccsc1)c1nc(C(C)(C)C)cs1. The van der Waals surface area contributed by atoms with Gasteiger partial charge in [-0.25, -0.2) is 9.78 Å². The van der Waals surface area contributed by atoms with Crippen LogP contribution in [0.4, 0.5) is 0 Å². The summed E-state index contributed by atoms with van der Waals surface area (Å²) in [6.45, 7) is 6.31. The summed E-state index contributed by atoms with van der Waals surface area (Å²) < 4.78 is 4.87. The Morgan fingerprint density at radius 2 is 2.10 bits per heavy atom. The van der Waals surface area contributed by atoms with Crippen LogP contribution in [0.15, 0.2) is 22.2 Å². The van der Waals surface area contributed by atoms with Gasteiger partial charge in [-0.15, -0.1) is 11.3 Å². The van der Waals surface area contributed by atoms with Gasteiger partial charge in [0, 0.05) is 10.8 Å². The zero-order chi connectivity index (χ0) is 14.8. The van der Waals surface area contributed by atoms with Crippen LogP contribution in [0.3, 0.4) is 0 Å². The van der Waals surface area contributed by atoms with Crippen molar-refractivity contribution in [2.75, 3.05) is 7.11 Å². The fourth-order valence-electron chi connectivity index (χ4n) is 1.58. The van der Waals surface area contributed by atoms with Crippen molar-refractivity contribution < 1.29 is 9.53 Å². The lowest BCUT2D eigenvalue weighted by molar-refractivity contribution is -0.133. The predicted octanol–water partition coefficient (Wildman–Crippen LogP) is 4.22. The van der Waals surface area contributed by atoms with Crippen molar-refractivity contribution in [2.24, 2.45) is 0 Å². The third kappa shape index (κ3) is 3.35. The van der Waals surface area contributed by atoms with Gasteiger partial charge in [0.2, 0.25) is 0 Å². The first kappa shape index (κ1) is 14.9. The zero-order valence-corrected chi connectivity index (χ0v) is 13.6. The van der Waals surface area contributed by atoms with Crippen LogP contribution < -0.4 is 0 Å². The number of hydrogen-bond acceptors (Lipinski definition) is 5. The van der Waals surface area contributed by atoms with Gasteiger partial charge in [-0.3, -0.25) is 0 Å². The number of carbonyl (C=O) groups excluding carboxylic acids is 1. The molecule has 2 aromatic rings. The fourth-order valence-corrected chi connectivity index (χ4v) is 3.25. The van der Waals surface area contributed by atoms with E-state index in [-0.39, 0.29) is 11.4 Å². The van der Waals surface area contributed by atoms with E-state index in [1.165, 1.54) is 18.4 Å². The predicted molar refractivity (Wildman–Crippen MR) is 85.0 cm³/mol. The number of ether oxygens (including phenoxy) is 1. The lowest BCUT2D eigenvalue weighted by Gasteiger charge is -2.14.